The van der Waals surface area contributed by atoms with Crippen LogP contribution in [0.3, 0.4) is 0 Å². The summed E-state index contributed by atoms with van der Waals surface area (Å²) in [6.07, 6.45) is 1.80. The van der Waals surface area contributed by atoms with Gasteiger partial charge < -0.3 is 11.1 Å². The lowest BCUT2D eigenvalue weighted by Gasteiger charge is -2.19. The zero-order chi connectivity index (χ0) is 16.6. The third-order valence-corrected chi connectivity index (χ3v) is 4.22. The van der Waals surface area contributed by atoms with Crippen molar-refractivity contribution in [2.75, 3.05) is 11.1 Å². The number of pyridine rings is 1. The molecule has 0 aliphatic rings. The molecule has 23 heavy (non-hydrogen) atoms. The zero-order valence-electron chi connectivity index (χ0n) is 14.1. The van der Waals surface area contributed by atoms with Crippen LogP contribution in [0.1, 0.15) is 31.9 Å². The van der Waals surface area contributed by atoms with Gasteiger partial charge in [0, 0.05) is 28.3 Å². The Morgan fingerprint density at radius 1 is 0.913 bits per heavy atom. The number of rotatable bonds is 2. The van der Waals surface area contributed by atoms with E-state index in [1.54, 1.807) is 6.20 Å². The average molecular weight is 305 g/mol. The van der Waals surface area contributed by atoms with Crippen LogP contribution in [0.15, 0.2) is 48.7 Å². The molecule has 0 unspecified atom stereocenters. The second kappa shape index (κ2) is 5.58. The van der Waals surface area contributed by atoms with Crippen molar-refractivity contribution in [3.63, 3.8) is 0 Å². The highest BCUT2D eigenvalue weighted by molar-refractivity contribution is 6.01. The first-order valence-corrected chi connectivity index (χ1v) is 7.87. The van der Waals surface area contributed by atoms with E-state index < -0.39 is 0 Å². The van der Waals surface area contributed by atoms with Crippen LogP contribution >= 0.6 is 0 Å². The largest absolute Gasteiger partial charge is 0.398 e. The highest BCUT2D eigenvalue weighted by Gasteiger charge is 2.13. The zero-order valence-corrected chi connectivity index (χ0v) is 14.1. The van der Waals surface area contributed by atoms with Crippen molar-refractivity contribution in [1.29, 1.82) is 0 Å². The van der Waals surface area contributed by atoms with Crippen molar-refractivity contribution in [1.82, 2.24) is 4.98 Å². The van der Waals surface area contributed by atoms with Gasteiger partial charge >= 0.3 is 0 Å². The molecule has 0 atom stereocenters. The highest BCUT2D eigenvalue weighted by Crippen LogP contribution is 2.30. The van der Waals surface area contributed by atoms with E-state index in [9.17, 15) is 0 Å². The molecule has 3 rings (SSSR count). The Hall–Kier alpha value is -2.55. The van der Waals surface area contributed by atoms with Crippen LogP contribution in [0.2, 0.25) is 0 Å². The summed E-state index contributed by atoms with van der Waals surface area (Å²) >= 11 is 0. The predicted molar refractivity (Wildman–Crippen MR) is 99.3 cm³/mol. The SMILES string of the molecule is Cc1ccc2c(Nc3ccc(C(C)(C)C)cc3)nccc2c1N. The van der Waals surface area contributed by atoms with Gasteiger partial charge in [-0.3, -0.25) is 0 Å². The minimum absolute atomic E-state index is 0.155. The Morgan fingerprint density at radius 3 is 2.26 bits per heavy atom. The molecule has 0 aliphatic heterocycles. The fourth-order valence-corrected chi connectivity index (χ4v) is 2.68. The number of nitrogens with zero attached hydrogens (tertiary/aromatic N) is 1. The quantitative estimate of drug-likeness (QED) is 0.642. The van der Waals surface area contributed by atoms with Crippen LogP contribution in [-0.2, 0) is 5.41 Å². The highest BCUT2D eigenvalue weighted by atomic mass is 15.0. The molecule has 2 aromatic carbocycles. The number of nitrogens with one attached hydrogen (secondary N) is 1. The van der Waals surface area contributed by atoms with E-state index in [1.807, 2.05) is 19.1 Å². The summed E-state index contributed by atoms with van der Waals surface area (Å²) in [5.41, 5.74) is 10.6. The summed E-state index contributed by atoms with van der Waals surface area (Å²) < 4.78 is 0. The Kier molecular flexibility index (Phi) is 3.72. The molecule has 1 heterocycles. The van der Waals surface area contributed by atoms with E-state index in [0.29, 0.717) is 0 Å². The average Bonchev–Trinajstić information content (AvgIpc) is 2.51. The Morgan fingerprint density at radius 2 is 1.61 bits per heavy atom. The molecule has 0 saturated carbocycles. The molecule has 118 valence electrons. The molecule has 3 aromatic rings. The molecule has 3 nitrogen and oxygen atoms in total. The number of nitrogen functional groups attached to an aromatic ring is 1. The van der Waals surface area contributed by atoms with E-state index in [2.05, 4.69) is 61.4 Å². The van der Waals surface area contributed by atoms with Crippen LogP contribution in [0.4, 0.5) is 17.2 Å². The van der Waals surface area contributed by atoms with Gasteiger partial charge in [-0.15, -0.1) is 0 Å². The van der Waals surface area contributed by atoms with Crippen LogP contribution < -0.4 is 11.1 Å². The number of hydrogen-bond acceptors (Lipinski definition) is 3. The predicted octanol–water partition coefficient (Wildman–Crippen LogP) is 5.17. The topological polar surface area (TPSA) is 50.9 Å². The Labute approximate surface area is 137 Å². The molecule has 0 aliphatic carbocycles. The molecule has 0 fully saturated rings. The molecule has 0 bridgehead atoms. The third kappa shape index (κ3) is 3.00. The number of hydrogen-bond donors (Lipinski definition) is 2. The van der Waals surface area contributed by atoms with E-state index >= 15 is 0 Å². The molecule has 0 spiro atoms. The van der Waals surface area contributed by atoms with Gasteiger partial charge in [-0.05, 0) is 41.7 Å². The molecular formula is C20H23N3. The van der Waals surface area contributed by atoms with Crippen LogP contribution in [0.5, 0.6) is 0 Å². The van der Waals surface area contributed by atoms with Gasteiger partial charge in [-0.1, -0.05) is 45.0 Å². The number of benzene rings is 2. The lowest BCUT2D eigenvalue weighted by molar-refractivity contribution is 0.590. The van der Waals surface area contributed by atoms with Gasteiger partial charge in [0.2, 0.25) is 0 Å². The molecule has 3 heteroatoms. The van der Waals surface area contributed by atoms with Crippen molar-refractivity contribution in [2.45, 2.75) is 33.1 Å². The van der Waals surface area contributed by atoms with Gasteiger partial charge in [0.1, 0.15) is 5.82 Å². The first-order chi connectivity index (χ1) is 10.9. The summed E-state index contributed by atoms with van der Waals surface area (Å²) in [7, 11) is 0. The van der Waals surface area contributed by atoms with Gasteiger partial charge in [-0.2, -0.15) is 0 Å². The minimum Gasteiger partial charge on any atom is -0.398 e. The van der Waals surface area contributed by atoms with Crippen molar-refractivity contribution in [3.8, 4) is 0 Å². The van der Waals surface area contributed by atoms with Crippen LogP contribution in [0, 0.1) is 6.92 Å². The Bertz CT molecular complexity index is 843. The molecule has 3 N–H and O–H groups in total. The van der Waals surface area contributed by atoms with Crippen LogP contribution in [-0.4, -0.2) is 4.98 Å². The molecule has 0 amide bonds. The van der Waals surface area contributed by atoms with Crippen molar-refractivity contribution >= 4 is 28.0 Å². The second-order valence-corrected chi connectivity index (χ2v) is 7.00. The van der Waals surface area contributed by atoms with E-state index in [1.165, 1.54) is 5.56 Å². The van der Waals surface area contributed by atoms with E-state index in [0.717, 1.165) is 33.5 Å². The number of aryl methyl sites for hydroxylation is 1. The molecule has 0 saturated heterocycles. The molecule has 1 aromatic heterocycles. The minimum atomic E-state index is 0.155. The van der Waals surface area contributed by atoms with Crippen LogP contribution in [0.25, 0.3) is 10.8 Å². The van der Waals surface area contributed by atoms with Gasteiger partial charge in [-0.25, -0.2) is 4.98 Å². The maximum Gasteiger partial charge on any atom is 0.138 e. The van der Waals surface area contributed by atoms with Gasteiger partial charge in [0.05, 0.1) is 0 Å². The number of nitrogens with two attached hydrogens (primary N) is 1. The van der Waals surface area contributed by atoms with Crippen molar-refractivity contribution in [2.24, 2.45) is 0 Å². The third-order valence-electron chi connectivity index (χ3n) is 4.22. The molecule has 0 radical (unpaired) electrons. The second-order valence-electron chi connectivity index (χ2n) is 7.00. The lowest BCUT2D eigenvalue weighted by atomic mass is 9.87. The van der Waals surface area contributed by atoms with E-state index in [4.69, 9.17) is 5.73 Å². The number of fused-ring (bicyclic) bond motifs is 1. The smallest absolute Gasteiger partial charge is 0.138 e. The lowest BCUT2D eigenvalue weighted by Crippen LogP contribution is -2.10. The maximum absolute atomic E-state index is 6.19. The fourth-order valence-electron chi connectivity index (χ4n) is 2.68. The maximum atomic E-state index is 6.19. The summed E-state index contributed by atoms with van der Waals surface area (Å²) in [4.78, 5) is 4.48. The molecular weight excluding hydrogens is 282 g/mol. The summed E-state index contributed by atoms with van der Waals surface area (Å²) in [5.74, 6) is 0.831. The Balaban J connectivity index is 1.97. The monoisotopic (exact) mass is 305 g/mol. The summed E-state index contributed by atoms with van der Waals surface area (Å²) in [6, 6.07) is 14.6. The van der Waals surface area contributed by atoms with Gasteiger partial charge in [0.15, 0.2) is 0 Å². The summed E-state index contributed by atoms with van der Waals surface area (Å²) in [5, 5.41) is 5.48. The summed E-state index contributed by atoms with van der Waals surface area (Å²) in [6.45, 7) is 8.67. The standard InChI is InChI=1S/C20H23N3/c1-13-5-10-17-16(18(13)21)11-12-22-19(17)23-15-8-6-14(7-9-15)20(2,3)4/h5-12H,21H2,1-4H3,(H,22,23). The first kappa shape index (κ1) is 15.3. The van der Waals surface area contributed by atoms with Crippen molar-refractivity contribution in [3.05, 3.63) is 59.8 Å². The fraction of sp³-hybridized carbons (Fsp3) is 0.250. The number of aromatic nitrogens is 1. The van der Waals surface area contributed by atoms with E-state index in [-0.39, 0.29) is 5.41 Å². The van der Waals surface area contributed by atoms with Crippen molar-refractivity contribution < 1.29 is 0 Å². The normalized spacial score (nSPS) is 11.7. The first-order valence-electron chi connectivity index (χ1n) is 7.87. The number of anilines is 3. The van der Waals surface area contributed by atoms with Gasteiger partial charge in [0.25, 0.3) is 0 Å².